The van der Waals surface area contributed by atoms with Gasteiger partial charge in [-0.25, -0.2) is 4.98 Å². The van der Waals surface area contributed by atoms with Crippen LogP contribution < -0.4 is 11.1 Å². The summed E-state index contributed by atoms with van der Waals surface area (Å²) in [7, 11) is 0. The molecule has 14 heavy (non-hydrogen) atoms. The third-order valence-corrected chi connectivity index (χ3v) is 1.96. The Balaban J connectivity index is 2.43. The van der Waals surface area contributed by atoms with Crippen molar-refractivity contribution in [1.29, 1.82) is 0 Å². The van der Waals surface area contributed by atoms with E-state index in [9.17, 15) is 5.11 Å². The number of nitrogens with one attached hydrogen (secondary N) is 1. The number of aliphatic hydroxyl groups excluding tert-OH is 1. The standard InChI is InChI=1S/C10H17N3O/c1-2-5-12-7-9(14)8-3-4-10(11)13-6-8/h3-4,6,9,12,14H,2,5,7H2,1H3,(H2,11,13)/t9-/m0/s1. The Kier molecular flexibility index (Phi) is 4.35. The van der Waals surface area contributed by atoms with Crippen molar-refractivity contribution < 1.29 is 5.11 Å². The van der Waals surface area contributed by atoms with Gasteiger partial charge >= 0.3 is 0 Å². The molecule has 78 valence electrons. The molecule has 0 aromatic carbocycles. The second kappa shape index (κ2) is 5.57. The lowest BCUT2D eigenvalue weighted by atomic mass is 10.1. The van der Waals surface area contributed by atoms with Gasteiger partial charge in [0.2, 0.25) is 0 Å². The van der Waals surface area contributed by atoms with Crippen molar-refractivity contribution in [2.45, 2.75) is 19.4 Å². The zero-order valence-electron chi connectivity index (χ0n) is 8.40. The Morgan fingerprint density at radius 1 is 1.57 bits per heavy atom. The van der Waals surface area contributed by atoms with Crippen LogP contribution in [-0.2, 0) is 0 Å². The molecule has 0 saturated carbocycles. The molecule has 4 N–H and O–H groups in total. The van der Waals surface area contributed by atoms with E-state index in [0.717, 1.165) is 18.5 Å². The Hall–Kier alpha value is -1.13. The molecule has 0 saturated heterocycles. The maximum absolute atomic E-state index is 9.69. The predicted octanol–water partition coefficient (Wildman–Crippen LogP) is 0.697. The Bertz CT molecular complexity index is 261. The highest BCUT2D eigenvalue weighted by Gasteiger charge is 2.06. The molecular formula is C10H17N3O. The van der Waals surface area contributed by atoms with Crippen molar-refractivity contribution in [3.8, 4) is 0 Å². The molecule has 0 unspecified atom stereocenters. The van der Waals surface area contributed by atoms with Gasteiger partial charge in [-0.15, -0.1) is 0 Å². The highest BCUT2D eigenvalue weighted by molar-refractivity contribution is 5.30. The van der Waals surface area contributed by atoms with Gasteiger partial charge in [0.15, 0.2) is 0 Å². The molecule has 0 fully saturated rings. The zero-order chi connectivity index (χ0) is 10.4. The molecule has 0 spiro atoms. The minimum Gasteiger partial charge on any atom is -0.387 e. The number of nitrogens with two attached hydrogens (primary N) is 1. The van der Waals surface area contributed by atoms with Crippen molar-refractivity contribution in [2.24, 2.45) is 0 Å². The van der Waals surface area contributed by atoms with E-state index in [1.54, 1.807) is 18.3 Å². The highest BCUT2D eigenvalue weighted by Crippen LogP contribution is 2.11. The van der Waals surface area contributed by atoms with Crippen molar-refractivity contribution in [3.05, 3.63) is 23.9 Å². The molecule has 1 aromatic heterocycles. The first-order valence-electron chi connectivity index (χ1n) is 4.84. The molecule has 0 aliphatic rings. The highest BCUT2D eigenvalue weighted by atomic mass is 16.3. The van der Waals surface area contributed by atoms with Gasteiger partial charge in [0.25, 0.3) is 0 Å². The summed E-state index contributed by atoms with van der Waals surface area (Å²) in [4.78, 5) is 3.92. The quantitative estimate of drug-likeness (QED) is 0.605. The van der Waals surface area contributed by atoms with Crippen LogP contribution in [0, 0.1) is 0 Å². The molecule has 4 heteroatoms. The van der Waals surface area contributed by atoms with Crippen LogP contribution in [0.3, 0.4) is 0 Å². The summed E-state index contributed by atoms with van der Waals surface area (Å²) in [5.74, 6) is 0.475. The molecular weight excluding hydrogens is 178 g/mol. The van der Waals surface area contributed by atoms with Crippen molar-refractivity contribution in [1.82, 2.24) is 10.3 Å². The van der Waals surface area contributed by atoms with Crippen molar-refractivity contribution in [3.63, 3.8) is 0 Å². The Morgan fingerprint density at radius 2 is 2.36 bits per heavy atom. The number of rotatable bonds is 5. The van der Waals surface area contributed by atoms with Gasteiger partial charge in [-0.2, -0.15) is 0 Å². The minimum absolute atomic E-state index is 0.475. The smallest absolute Gasteiger partial charge is 0.123 e. The maximum atomic E-state index is 9.69. The summed E-state index contributed by atoms with van der Waals surface area (Å²) in [5, 5.41) is 12.8. The molecule has 0 amide bonds. The van der Waals surface area contributed by atoms with Crippen LogP contribution in [-0.4, -0.2) is 23.2 Å². The van der Waals surface area contributed by atoms with Gasteiger partial charge in [0.1, 0.15) is 5.82 Å². The first-order chi connectivity index (χ1) is 6.74. The van der Waals surface area contributed by atoms with E-state index in [4.69, 9.17) is 5.73 Å². The molecule has 0 bridgehead atoms. The summed E-state index contributed by atoms with van der Waals surface area (Å²) in [6, 6.07) is 3.49. The largest absolute Gasteiger partial charge is 0.387 e. The van der Waals surface area contributed by atoms with Gasteiger partial charge in [-0.3, -0.25) is 0 Å². The molecule has 1 heterocycles. The Labute approximate surface area is 84.2 Å². The first-order valence-corrected chi connectivity index (χ1v) is 4.84. The van der Waals surface area contributed by atoms with Crippen LogP contribution in [0.2, 0.25) is 0 Å². The van der Waals surface area contributed by atoms with E-state index in [2.05, 4.69) is 17.2 Å². The number of aromatic nitrogens is 1. The first kappa shape index (κ1) is 10.9. The summed E-state index contributed by atoms with van der Waals surface area (Å²) in [6.45, 7) is 3.56. The van der Waals surface area contributed by atoms with Crippen LogP contribution in [0.1, 0.15) is 25.0 Å². The van der Waals surface area contributed by atoms with Crippen molar-refractivity contribution in [2.75, 3.05) is 18.8 Å². The third-order valence-electron chi connectivity index (χ3n) is 1.96. The van der Waals surface area contributed by atoms with Crippen molar-refractivity contribution >= 4 is 5.82 Å². The fraction of sp³-hybridized carbons (Fsp3) is 0.500. The van der Waals surface area contributed by atoms with Gasteiger partial charge in [-0.1, -0.05) is 13.0 Å². The van der Waals surface area contributed by atoms with E-state index in [0.29, 0.717) is 12.4 Å². The predicted molar refractivity (Wildman–Crippen MR) is 56.8 cm³/mol. The lowest BCUT2D eigenvalue weighted by Crippen LogP contribution is -2.22. The summed E-state index contributed by atoms with van der Waals surface area (Å²) in [5.41, 5.74) is 6.23. The van der Waals surface area contributed by atoms with Crippen LogP contribution in [0.4, 0.5) is 5.82 Å². The van der Waals surface area contributed by atoms with Crippen LogP contribution in [0.5, 0.6) is 0 Å². The molecule has 0 aliphatic carbocycles. The number of pyridine rings is 1. The average Bonchev–Trinajstić information content (AvgIpc) is 2.19. The molecule has 1 atom stereocenters. The number of nitrogens with zero attached hydrogens (tertiary/aromatic N) is 1. The lowest BCUT2D eigenvalue weighted by Gasteiger charge is -2.11. The van der Waals surface area contributed by atoms with Gasteiger partial charge in [-0.05, 0) is 19.0 Å². The number of anilines is 1. The monoisotopic (exact) mass is 195 g/mol. The van der Waals surface area contributed by atoms with E-state index in [-0.39, 0.29) is 0 Å². The molecule has 4 nitrogen and oxygen atoms in total. The lowest BCUT2D eigenvalue weighted by molar-refractivity contribution is 0.174. The number of aliphatic hydroxyl groups is 1. The molecule has 1 aromatic rings. The van der Waals surface area contributed by atoms with Gasteiger partial charge in [0, 0.05) is 18.3 Å². The van der Waals surface area contributed by atoms with E-state index in [1.807, 2.05) is 0 Å². The topological polar surface area (TPSA) is 71.2 Å². The third kappa shape index (κ3) is 3.32. The second-order valence-corrected chi connectivity index (χ2v) is 3.24. The van der Waals surface area contributed by atoms with E-state index in [1.165, 1.54) is 0 Å². The summed E-state index contributed by atoms with van der Waals surface area (Å²) >= 11 is 0. The van der Waals surface area contributed by atoms with Gasteiger partial charge in [0.05, 0.1) is 6.10 Å². The summed E-state index contributed by atoms with van der Waals surface area (Å²) < 4.78 is 0. The maximum Gasteiger partial charge on any atom is 0.123 e. The molecule has 0 radical (unpaired) electrons. The SMILES string of the molecule is CCCNC[C@H](O)c1ccc(N)nc1. The van der Waals surface area contributed by atoms with Crippen LogP contribution >= 0.6 is 0 Å². The van der Waals surface area contributed by atoms with E-state index >= 15 is 0 Å². The molecule has 0 aliphatic heterocycles. The minimum atomic E-state index is -0.505. The average molecular weight is 195 g/mol. The normalized spacial score (nSPS) is 12.7. The van der Waals surface area contributed by atoms with Gasteiger partial charge < -0.3 is 16.2 Å². The van der Waals surface area contributed by atoms with Crippen LogP contribution in [0.25, 0.3) is 0 Å². The van der Waals surface area contributed by atoms with E-state index < -0.39 is 6.10 Å². The zero-order valence-corrected chi connectivity index (χ0v) is 8.40. The summed E-state index contributed by atoms with van der Waals surface area (Å²) in [6.07, 6.45) is 2.16. The number of hydrogen-bond donors (Lipinski definition) is 3. The Morgan fingerprint density at radius 3 is 2.93 bits per heavy atom. The van der Waals surface area contributed by atoms with Crippen LogP contribution in [0.15, 0.2) is 18.3 Å². The second-order valence-electron chi connectivity index (χ2n) is 3.24. The number of hydrogen-bond acceptors (Lipinski definition) is 4. The molecule has 1 rings (SSSR count). The fourth-order valence-electron chi connectivity index (χ4n) is 1.15. The number of nitrogen functional groups attached to an aromatic ring is 1. The fourth-order valence-corrected chi connectivity index (χ4v) is 1.15.